The van der Waals surface area contributed by atoms with Crippen molar-refractivity contribution in [1.82, 2.24) is 18.9 Å². The second kappa shape index (κ2) is 6.77. The summed E-state index contributed by atoms with van der Waals surface area (Å²) in [6, 6.07) is 11.1. The van der Waals surface area contributed by atoms with Crippen molar-refractivity contribution in [2.24, 2.45) is 14.1 Å². The number of para-hydroxylation sites is 1. The Morgan fingerprint density at radius 1 is 0.857 bits per heavy atom. The molecule has 0 fully saturated rings. The van der Waals surface area contributed by atoms with Crippen LogP contribution in [0.15, 0.2) is 76.8 Å². The quantitative estimate of drug-likeness (QED) is 0.552. The molecule has 140 valence electrons. The van der Waals surface area contributed by atoms with Gasteiger partial charge in [0.15, 0.2) is 0 Å². The van der Waals surface area contributed by atoms with Crippen molar-refractivity contribution >= 4 is 0 Å². The first kappa shape index (κ1) is 17.7. The average molecular weight is 376 g/mol. The zero-order valence-electron chi connectivity index (χ0n) is 15.3. The van der Waals surface area contributed by atoms with Gasteiger partial charge in [-0.1, -0.05) is 12.1 Å². The molecule has 0 bridgehead atoms. The van der Waals surface area contributed by atoms with Gasteiger partial charge in [0.2, 0.25) is 0 Å². The molecule has 28 heavy (non-hydrogen) atoms. The summed E-state index contributed by atoms with van der Waals surface area (Å²) in [5.41, 5.74) is 2.64. The fourth-order valence-electron chi connectivity index (χ4n) is 3.05. The van der Waals surface area contributed by atoms with Crippen LogP contribution in [-0.2, 0) is 14.1 Å². The van der Waals surface area contributed by atoms with E-state index in [1.807, 2.05) is 0 Å². The molecule has 0 aliphatic rings. The summed E-state index contributed by atoms with van der Waals surface area (Å²) in [6.07, 6.45) is 6.65. The molecular weight excluding hydrogens is 359 g/mol. The Labute approximate surface area is 159 Å². The van der Waals surface area contributed by atoms with E-state index in [9.17, 15) is 14.0 Å². The van der Waals surface area contributed by atoms with E-state index >= 15 is 0 Å². The Bertz CT molecular complexity index is 1300. The van der Waals surface area contributed by atoms with Crippen molar-refractivity contribution in [2.75, 3.05) is 0 Å². The number of aromatic nitrogens is 4. The maximum atomic E-state index is 14.1. The van der Waals surface area contributed by atoms with Crippen molar-refractivity contribution in [3.63, 3.8) is 0 Å². The van der Waals surface area contributed by atoms with E-state index in [1.165, 1.54) is 32.0 Å². The topological polar surface area (TPSA) is 61.8 Å². The van der Waals surface area contributed by atoms with Gasteiger partial charge in [0, 0.05) is 55.9 Å². The number of rotatable bonds is 3. The second-order valence-corrected chi connectivity index (χ2v) is 6.54. The number of hydrogen-bond donors (Lipinski definition) is 0. The summed E-state index contributed by atoms with van der Waals surface area (Å²) in [5.74, 6) is -0.385. The lowest BCUT2D eigenvalue weighted by atomic mass is 9.99. The number of hydrogen-bond acceptors (Lipinski definition) is 3. The summed E-state index contributed by atoms with van der Waals surface area (Å²) >= 11 is 0. The number of halogens is 1. The first-order chi connectivity index (χ1) is 13.4. The standard InChI is InChI=1S/C21H17FN4O2/c1-24-8-7-14(9-20(24)27)16-10-21(28)25(2)13-17(16)15-11-23-26(12-15)19-6-4-3-5-18(19)22/h3-13H,1-2H3. The van der Waals surface area contributed by atoms with Gasteiger partial charge in [0.05, 0.1) is 6.20 Å². The highest BCUT2D eigenvalue weighted by Gasteiger charge is 2.14. The molecule has 0 amide bonds. The van der Waals surface area contributed by atoms with Gasteiger partial charge >= 0.3 is 0 Å². The Balaban J connectivity index is 1.90. The first-order valence-electron chi connectivity index (χ1n) is 8.62. The summed E-state index contributed by atoms with van der Waals surface area (Å²) < 4.78 is 18.5. The van der Waals surface area contributed by atoms with Crippen LogP contribution in [0.4, 0.5) is 4.39 Å². The van der Waals surface area contributed by atoms with Crippen LogP contribution < -0.4 is 11.1 Å². The smallest absolute Gasteiger partial charge is 0.250 e. The van der Waals surface area contributed by atoms with E-state index in [-0.39, 0.29) is 16.9 Å². The zero-order chi connectivity index (χ0) is 19.8. The zero-order valence-corrected chi connectivity index (χ0v) is 15.3. The summed E-state index contributed by atoms with van der Waals surface area (Å²) in [7, 11) is 3.32. The van der Waals surface area contributed by atoms with E-state index in [4.69, 9.17) is 0 Å². The summed E-state index contributed by atoms with van der Waals surface area (Å²) in [6.45, 7) is 0. The van der Waals surface area contributed by atoms with Gasteiger partial charge in [-0.15, -0.1) is 0 Å². The fraction of sp³-hybridized carbons (Fsp3) is 0.0952. The van der Waals surface area contributed by atoms with Crippen molar-refractivity contribution in [2.45, 2.75) is 0 Å². The molecule has 0 aliphatic heterocycles. The highest BCUT2D eigenvalue weighted by Crippen LogP contribution is 2.30. The minimum atomic E-state index is -0.385. The molecule has 3 aromatic heterocycles. The average Bonchev–Trinajstić information content (AvgIpc) is 3.16. The van der Waals surface area contributed by atoms with Gasteiger partial charge in [-0.3, -0.25) is 9.59 Å². The van der Waals surface area contributed by atoms with Crippen LogP contribution in [0, 0.1) is 5.82 Å². The lowest BCUT2D eigenvalue weighted by Gasteiger charge is -2.10. The molecule has 7 heteroatoms. The molecule has 0 atom stereocenters. The highest BCUT2D eigenvalue weighted by atomic mass is 19.1. The lowest BCUT2D eigenvalue weighted by Crippen LogP contribution is -2.17. The number of aryl methyl sites for hydroxylation is 2. The third-order valence-corrected chi connectivity index (χ3v) is 4.64. The normalized spacial score (nSPS) is 11.0. The van der Waals surface area contributed by atoms with Crippen LogP contribution in [0.5, 0.6) is 0 Å². The molecule has 4 aromatic rings. The van der Waals surface area contributed by atoms with Gasteiger partial charge in [0.1, 0.15) is 11.5 Å². The number of pyridine rings is 2. The Morgan fingerprint density at radius 3 is 2.36 bits per heavy atom. The van der Waals surface area contributed by atoms with Crippen molar-refractivity contribution < 1.29 is 4.39 Å². The molecule has 0 N–H and O–H groups in total. The second-order valence-electron chi connectivity index (χ2n) is 6.54. The molecule has 0 saturated heterocycles. The summed E-state index contributed by atoms with van der Waals surface area (Å²) in [5, 5.41) is 4.27. The molecule has 4 rings (SSSR count). The molecule has 0 spiro atoms. The van der Waals surface area contributed by atoms with Gasteiger partial charge < -0.3 is 9.13 Å². The minimum Gasteiger partial charge on any atom is -0.319 e. The fourth-order valence-corrected chi connectivity index (χ4v) is 3.05. The summed E-state index contributed by atoms with van der Waals surface area (Å²) in [4.78, 5) is 24.3. The first-order valence-corrected chi connectivity index (χ1v) is 8.62. The van der Waals surface area contributed by atoms with Gasteiger partial charge in [-0.2, -0.15) is 5.10 Å². The molecule has 3 heterocycles. The Morgan fingerprint density at radius 2 is 1.61 bits per heavy atom. The van der Waals surface area contributed by atoms with Crippen molar-refractivity contribution in [3.05, 3.63) is 93.8 Å². The SMILES string of the molecule is Cn1ccc(-c2cc(=O)n(C)cc2-c2cnn(-c3ccccc3F)c2)cc1=O. The van der Waals surface area contributed by atoms with E-state index < -0.39 is 0 Å². The molecule has 0 radical (unpaired) electrons. The van der Waals surface area contributed by atoms with E-state index in [0.717, 1.165) is 5.56 Å². The monoisotopic (exact) mass is 376 g/mol. The van der Waals surface area contributed by atoms with E-state index in [2.05, 4.69) is 5.10 Å². The van der Waals surface area contributed by atoms with Crippen LogP contribution in [0.2, 0.25) is 0 Å². The van der Waals surface area contributed by atoms with Crippen LogP contribution in [0.1, 0.15) is 0 Å². The predicted octanol–water partition coefficient (Wildman–Crippen LogP) is 2.74. The predicted molar refractivity (Wildman–Crippen MR) is 105 cm³/mol. The molecular formula is C21H17FN4O2. The van der Waals surface area contributed by atoms with E-state index in [1.54, 1.807) is 63.1 Å². The third kappa shape index (κ3) is 3.07. The lowest BCUT2D eigenvalue weighted by molar-refractivity contribution is 0.611. The van der Waals surface area contributed by atoms with Gasteiger partial charge in [-0.05, 0) is 29.3 Å². The van der Waals surface area contributed by atoms with Gasteiger partial charge in [0.25, 0.3) is 11.1 Å². The van der Waals surface area contributed by atoms with Crippen LogP contribution in [-0.4, -0.2) is 18.9 Å². The molecule has 0 aliphatic carbocycles. The molecule has 6 nitrogen and oxygen atoms in total. The number of benzene rings is 1. The number of nitrogens with zero attached hydrogens (tertiary/aromatic N) is 4. The Hall–Kier alpha value is -3.74. The maximum Gasteiger partial charge on any atom is 0.250 e. The van der Waals surface area contributed by atoms with Crippen molar-refractivity contribution in [1.29, 1.82) is 0 Å². The minimum absolute atomic E-state index is 0.175. The largest absolute Gasteiger partial charge is 0.319 e. The van der Waals surface area contributed by atoms with Crippen LogP contribution in [0.3, 0.4) is 0 Å². The van der Waals surface area contributed by atoms with E-state index in [0.29, 0.717) is 22.4 Å². The van der Waals surface area contributed by atoms with Crippen LogP contribution >= 0.6 is 0 Å². The van der Waals surface area contributed by atoms with Gasteiger partial charge in [-0.25, -0.2) is 9.07 Å². The van der Waals surface area contributed by atoms with Crippen molar-refractivity contribution in [3.8, 4) is 27.9 Å². The molecule has 0 saturated carbocycles. The maximum absolute atomic E-state index is 14.1. The Kier molecular flexibility index (Phi) is 4.27. The molecule has 0 unspecified atom stereocenters. The third-order valence-electron chi connectivity index (χ3n) is 4.64. The highest BCUT2D eigenvalue weighted by molar-refractivity contribution is 5.82. The van der Waals surface area contributed by atoms with Crippen LogP contribution in [0.25, 0.3) is 27.9 Å². The molecule has 1 aromatic carbocycles.